The number of carbonyl (C=O) groups is 2. The molecule has 0 aliphatic carbocycles. The predicted molar refractivity (Wildman–Crippen MR) is 116 cm³/mol. The summed E-state index contributed by atoms with van der Waals surface area (Å²) in [5, 5.41) is 3.54. The zero-order valence-corrected chi connectivity index (χ0v) is 18.2. The lowest BCUT2D eigenvalue weighted by molar-refractivity contribution is -0.143. The summed E-state index contributed by atoms with van der Waals surface area (Å²) in [6, 6.07) is 14.2. The second-order valence-electron chi connectivity index (χ2n) is 7.29. The molecule has 1 N–H and O–H groups in total. The van der Waals surface area contributed by atoms with Gasteiger partial charge in [0.25, 0.3) is 5.91 Å². The Labute approximate surface area is 178 Å². The number of nitrogens with one attached hydrogen (secondary N) is 1. The molecule has 29 heavy (non-hydrogen) atoms. The van der Waals surface area contributed by atoms with E-state index in [2.05, 4.69) is 5.32 Å². The summed E-state index contributed by atoms with van der Waals surface area (Å²) in [4.78, 5) is 27.4. The lowest BCUT2D eigenvalue weighted by atomic mass is 10.1. The third-order valence-electron chi connectivity index (χ3n) is 4.53. The third kappa shape index (κ3) is 6.79. The van der Waals surface area contributed by atoms with Crippen LogP contribution in [0.3, 0.4) is 0 Å². The topological polar surface area (TPSA) is 58.6 Å². The molecule has 2 aromatic rings. The molecule has 2 rings (SSSR count). The monoisotopic (exact) mass is 416 g/mol. The molecular weight excluding hydrogens is 388 g/mol. The second kappa shape index (κ2) is 10.9. The Balaban J connectivity index is 2.21. The first kappa shape index (κ1) is 22.8. The highest BCUT2D eigenvalue weighted by Gasteiger charge is 2.29. The minimum absolute atomic E-state index is 0.00717. The van der Waals surface area contributed by atoms with E-state index in [1.54, 1.807) is 17.0 Å². The van der Waals surface area contributed by atoms with Crippen LogP contribution in [0.5, 0.6) is 5.75 Å². The molecule has 0 spiro atoms. The Kier molecular flexibility index (Phi) is 8.52. The molecule has 6 heteroatoms. The maximum atomic E-state index is 13.1. The smallest absolute Gasteiger partial charge is 0.261 e. The van der Waals surface area contributed by atoms with Crippen molar-refractivity contribution in [2.45, 2.75) is 52.7 Å². The number of carbonyl (C=O) groups excluding carboxylic acids is 2. The molecule has 0 bridgehead atoms. The van der Waals surface area contributed by atoms with Gasteiger partial charge < -0.3 is 15.0 Å². The summed E-state index contributed by atoms with van der Waals surface area (Å²) in [6.07, 6.45) is 0.502. The number of nitrogens with zero attached hydrogens (tertiary/aromatic N) is 1. The Morgan fingerprint density at radius 2 is 1.76 bits per heavy atom. The van der Waals surface area contributed by atoms with E-state index in [1.807, 2.05) is 64.1 Å². The zero-order chi connectivity index (χ0) is 21.4. The number of aryl methyl sites for hydroxylation is 1. The Morgan fingerprint density at radius 3 is 2.34 bits per heavy atom. The van der Waals surface area contributed by atoms with Crippen molar-refractivity contribution < 1.29 is 14.3 Å². The van der Waals surface area contributed by atoms with Gasteiger partial charge in [-0.15, -0.1) is 0 Å². The number of halogens is 1. The highest BCUT2D eigenvalue weighted by molar-refractivity contribution is 6.30. The lowest BCUT2D eigenvalue weighted by Crippen LogP contribution is -2.51. The van der Waals surface area contributed by atoms with Gasteiger partial charge in [0.15, 0.2) is 6.61 Å². The van der Waals surface area contributed by atoms with E-state index in [-0.39, 0.29) is 24.5 Å². The molecule has 0 radical (unpaired) electrons. The first-order chi connectivity index (χ1) is 13.8. The number of hydrogen-bond donors (Lipinski definition) is 1. The zero-order valence-electron chi connectivity index (χ0n) is 17.4. The van der Waals surface area contributed by atoms with E-state index in [1.165, 1.54) is 0 Å². The molecule has 0 aliphatic rings. The largest absolute Gasteiger partial charge is 0.484 e. The highest BCUT2D eigenvalue weighted by atomic mass is 35.5. The number of para-hydroxylation sites is 1. The minimum Gasteiger partial charge on any atom is -0.484 e. The van der Waals surface area contributed by atoms with Gasteiger partial charge in [-0.05, 0) is 56.5 Å². The average molecular weight is 417 g/mol. The fourth-order valence-corrected chi connectivity index (χ4v) is 3.15. The molecule has 1 atom stereocenters. The Hall–Kier alpha value is -2.53. The van der Waals surface area contributed by atoms with Crippen molar-refractivity contribution in [1.82, 2.24) is 10.2 Å². The van der Waals surface area contributed by atoms with Crippen LogP contribution < -0.4 is 10.1 Å². The van der Waals surface area contributed by atoms with Crippen LogP contribution in [-0.4, -0.2) is 35.4 Å². The van der Waals surface area contributed by atoms with Gasteiger partial charge in [-0.2, -0.15) is 0 Å². The van der Waals surface area contributed by atoms with Gasteiger partial charge in [-0.3, -0.25) is 9.59 Å². The normalized spacial score (nSPS) is 11.8. The van der Waals surface area contributed by atoms with Gasteiger partial charge in [0, 0.05) is 17.6 Å². The molecule has 0 aromatic heterocycles. The van der Waals surface area contributed by atoms with Crippen molar-refractivity contribution in [3.05, 3.63) is 64.7 Å². The van der Waals surface area contributed by atoms with E-state index >= 15 is 0 Å². The average Bonchev–Trinajstić information content (AvgIpc) is 2.68. The fourth-order valence-electron chi connectivity index (χ4n) is 3.03. The number of hydrogen-bond acceptors (Lipinski definition) is 3. The van der Waals surface area contributed by atoms with Crippen LogP contribution in [0.1, 0.15) is 38.3 Å². The summed E-state index contributed by atoms with van der Waals surface area (Å²) in [5.41, 5.74) is 1.85. The summed E-state index contributed by atoms with van der Waals surface area (Å²) in [5.74, 6) is 0.252. The highest BCUT2D eigenvalue weighted by Crippen LogP contribution is 2.18. The Bertz CT molecular complexity index is 821. The van der Waals surface area contributed by atoms with Crippen LogP contribution in [0.2, 0.25) is 5.02 Å². The van der Waals surface area contributed by atoms with E-state index in [0.717, 1.165) is 11.1 Å². The van der Waals surface area contributed by atoms with Gasteiger partial charge in [-0.25, -0.2) is 0 Å². The maximum absolute atomic E-state index is 13.1. The standard InChI is InChI=1S/C23H29ClN2O3/c1-5-20(23(28)25-16(2)3)26(14-18-10-12-19(24)13-11-18)22(27)15-29-21-9-7-6-8-17(21)4/h6-13,16,20H,5,14-15H2,1-4H3,(H,25,28)/t20-/m0/s1. The predicted octanol–water partition coefficient (Wildman–Crippen LogP) is 4.36. The molecule has 0 fully saturated rings. The fraction of sp³-hybridized carbons (Fsp3) is 0.391. The van der Waals surface area contributed by atoms with E-state index in [4.69, 9.17) is 16.3 Å². The van der Waals surface area contributed by atoms with Crippen LogP contribution in [0, 0.1) is 6.92 Å². The van der Waals surface area contributed by atoms with Crippen molar-refractivity contribution in [2.75, 3.05) is 6.61 Å². The van der Waals surface area contributed by atoms with Crippen molar-refractivity contribution in [2.24, 2.45) is 0 Å². The van der Waals surface area contributed by atoms with Gasteiger partial charge >= 0.3 is 0 Å². The molecule has 2 amide bonds. The molecule has 0 heterocycles. The van der Waals surface area contributed by atoms with E-state index < -0.39 is 6.04 Å². The van der Waals surface area contributed by atoms with Crippen LogP contribution in [0.15, 0.2) is 48.5 Å². The van der Waals surface area contributed by atoms with Crippen molar-refractivity contribution in [3.63, 3.8) is 0 Å². The Morgan fingerprint density at radius 1 is 1.10 bits per heavy atom. The number of benzene rings is 2. The van der Waals surface area contributed by atoms with Crippen LogP contribution in [0.4, 0.5) is 0 Å². The molecular formula is C23H29ClN2O3. The third-order valence-corrected chi connectivity index (χ3v) is 4.78. The van der Waals surface area contributed by atoms with Gasteiger partial charge in [0.2, 0.25) is 5.91 Å². The lowest BCUT2D eigenvalue weighted by Gasteiger charge is -2.31. The molecule has 5 nitrogen and oxygen atoms in total. The number of ether oxygens (including phenoxy) is 1. The summed E-state index contributed by atoms with van der Waals surface area (Å²) >= 11 is 5.98. The minimum atomic E-state index is -0.582. The van der Waals surface area contributed by atoms with Gasteiger partial charge in [0.05, 0.1) is 0 Å². The van der Waals surface area contributed by atoms with E-state index in [0.29, 0.717) is 23.7 Å². The number of amides is 2. The van der Waals surface area contributed by atoms with Crippen molar-refractivity contribution in [3.8, 4) is 5.75 Å². The molecule has 156 valence electrons. The SMILES string of the molecule is CC[C@@H](C(=O)NC(C)C)N(Cc1ccc(Cl)cc1)C(=O)COc1ccccc1C. The molecule has 0 aliphatic heterocycles. The molecule has 0 saturated carbocycles. The van der Waals surface area contributed by atoms with E-state index in [9.17, 15) is 9.59 Å². The first-order valence-electron chi connectivity index (χ1n) is 9.84. The van der Waals surface area contributed by atoms with Crippen LogP contribution in [0.25, 0.3) is 0 Å². The maximum Gasteiger partial charge on any atom is 0.261 e. The van der Waals surface area contributed by atoms with Crippen molar-refractivity contribution >= 4 is 23.4 Å². The molecule has 0 unspecified atom stereocenters. The number of rotatable bonds is 9. The molecule has 0 saturated heterocycles. The van der Waals surface area contributed by atoms with Gasteiger partial charge in [0.1, 0.15) is 11.8 Å². The molecule has 2 aromatic carbocycles. The second-order valence-corrected chi connectivity index (χ2v) is 7.73. The van der Waals surface area contributed by atoms with Crippen LogP contribution >= 0.6 is 11.6 Å². The summed E-state index contributed by atoms with van der Waals surface area (Å²) in [7, 11) is 0. The summed E-state index contributed by atoms with van der Waals surface area (Å²) < 4.78 is 5.75. The first-order valence-corrected chi connectivity index (χ1v) is 10.2. The van der Waals surface area contributed by atoms with Gasteiger partial charge in [-0.1, -0.05) is 48.9 Å². The quantitative estimate of drug-likeness (QED) is 0.660. The van der Waals surface area contributed by atoms with Crippen LogP contribution in [-0.2, 0) is 16.1 Å². The summed E-state index contributed by atoms with van der Waals surface area (Å²) in [6.45, 7) is 7.79. The van der Waals surface area contributed by atoms with Crippen molar-refractivity contribution in [1.29, 1.82) is 0 Å².